The number of halogens is 3. The first-order chi connectivity index (χ1) is 29.7. The maximum Gasteiger partial charge on any atom is 0.258 e. The lowest BCUT2D eigenvalue weighted by Gasteiger charge is -2.23. The molecule has 306 valence electrons. The zero-order valence-corrected chi connectivity index (χ0v) is 34.5. The third kappa shape index (κ3) is 10.3. The van der Waals surface area contributed by atoms with E-state index in [1.54, 1.807) is 97.3 Å². The number of carbonyl (C=O) groups is 2. The quantitative estimate of drug-likeness (QED) is 0.0951. The Morgan fingerprint density at radius 1 is 0.508 bits per heavy atom. The van der Waals surface area contributed by atoms with Gasteiger partial charge in [0.2, 0.25) is 0 Å². The Labute approximate surface area is 366 Å². The van der Waals surface area contributed by atoms with Crippen LogP contribution in [0.5, 0.6) is 23.0 Å². The molecule has 0 aliphatic rings. The minimum absolute atomic E-state index is 0.0202. The second-order valence-electron chi connectivity index (χ2n) is 13.5. The summed E-state index contributed by atoms with van der Waals surface area (Å²) in [6.45, 7) is -0.362. The van der Waals surface area contributed by atoms with Crippen LogP contribution < -0.4 is 20.1 Å². The van der Waals surface area contributed by atoms with Gasteiger partial charge in [0.25, 0.3) is 11.8 Å². The molecule has 13 heteroatoms. The van der Waals surface area contributed by atoms with Crippen LogP contribution in [-0.4, -0.2) is 45.2 Å². The predicted octanol–water partition coefficient (Wildman–Crippen LogP) is 10.4. The van der Waals surface area contributed by atoms with E-state index in [0.717, 1.165) is 5.56 Å². The van der Waals surface area contributed by atoms with E-state index < -0.39 is 12.1 Å². The number of fused-ring (bicyclic) bond motifs is 2. The lowest BCUT2D eigenvalue weighted by molar-refractivity contribution is -0.124. The molecule has 4 N–H and O–H groups in total. The molecular formula is C48H37Cl3N4O6. The molecule has 10 nitrogen and oxygen atoms in total. The molecule has 8 rings (SSSR count). The number of para-hydroxylation sites is 2. The number of hydrogen-bond acceptors (Lipinski definition) is 8. The topological polar surface area (TPSA) is 143 Å². The summed E-state index contributed by atoms with van der Waals surface area (Å²) in [5.41, 5.74) is 2.99. The van der Waals surface area contributed by atoms with Crippen LogP contribution >= 0.6 is 34.8 Å². The first kappa shape index (κ1) is 42.3. The number of aromatic nitrogens is 2. The van der Waals surface area contributed by atoms with Crippen molar-refractivity contribution < 1.29 is 29.3 Å². The Bertz CT molecular complexity index is 2780. The largest absolute Gasteiger partial charge is 0.505 e. The number of benzene rings is 6. The fraction of sp³-hybridized carbons (Fsp3) is 0.0833. The van der Waals surface area contributed by atoms with Gasteiger partial charge in [-0.1, -0.05) is 120 Å². The van der Waals surface area contributed by atoms with Gasteiger partial charge in [-0.25, -0.2) is 0 Å². The average molecular weight is 872 g/mol. The number of amides is 2. The molecule has 6 aromatic carbocycles. The van der Waals surface area contributed by atoms with Gasteiger partial charge >= 0.3 is 0 Å². The number of carbonyl (C=O) groups excluding carboxylic acids is 2. The molecule has 0 unspecified atom stereocenters. The third-order valence-corrected chi connectivity index (χ3v) is 10.5. The number of aromatic hydroxyl groups is 2. The highest BCUT2D eigenvalue weighted by atomic mass is 35.5. The number of pyridine rings is 2. The minimum Gasteiger partial charge on any atom is -0.505 e. The van der Waals surface area contributed by atoms with E-state index in [0.29, 0.717) is 65.1 Å². The minimum atomic E-state index is -0.760. The van der Waals surface area contributed by atoms with Crippen LogP contribution in [0.4, 0.5) is 0 Å². The van der Waals surface area contributed by atoms with Crippen molar-refractivity contribution in [2.45, 2.75) is 12.1 Å². The highest BCUT2D eigenvalue weighted by molar-refractivity contribution is 6.36. The molecule has 0 saturated carbocycles. The standard InChI is InChI=1S/C24H18Cl2N2O3.C24H19ClN2O3/c25-19-11-5-4-9-16(19)22(28-21(29)14-31-15-7-2-1-3-8-15)18-13-20(26)17-10-6-12-27-23(17)24(18)30;25-20-14-19(24(29)23-18(20)12-7-13-26-23)22(16-8-3-1-4-9-16)27-21(28)15-30-17-10-5-2-6-11-17/h1-13,22,30H,14H2,(H,28,29);1-14,22,29H,15H2,(H,27,28)/t2*22-/m01/s1. The summed E-state index contributed by atoms with van der Waals surface area (Å²) in [4.78, 5) is 33.9. The smallest absolute Gasteiger partial charge is 0.258 e. The van der Waals surface area contributed by atoms with E-state index in [9.17, 15) is 19.8 Å². The number of phenolic OH excluding ortho intramolecular Hbond substituents is 2. The van der Waals surface area contributed by atoms with E-state index in [1.807, 2.05) is 66.7 Å². The van der Waals surface area contributed by atoms with Crippen LogP contribution in [0, 0.1) is 0 Å². The summed E-state index contributed by atoms with van der Waals surface area (Å²) in [7, 11) is 0. The van der Waals surface area contributed by atoms with Crippen LogP contribution in [0.2, 0.25) is 15.1 Å². The third-order valence-electron chi connectivity index (χ3n) is 9.50. The Hall–Kier alpha value is -6.85. The van der Waals surface area contributed by atoms with Crippen molar-refractivity contribution in [2.75, 3.05) is 13.2 Å². The van der Waals surface area contributed by atoms with Gasteiger partial charge in [-0.2, -0.15) is 0 Å². The zero-order chi connectivity index (χ0) is 42.7. The van der Waals surface area contributed by atoms with Crippen LogP contribution in [0.25, 0.3) is 21.8 Å². The SMILES string of the molecule is O=C(COc1ccccc1)N[C@@H](c1ccccc1Cl)c1cc(Cl)c2cccnc2c1O.O=C(COc1ccccc1)N[C@H](c1ccccc1)c1cc(Cl)c2cccnc2c1O. The second kappa shape index (κ2) is 19.9. The molecule has 2 atom stereocenters. The fourth-order valence-electron chi connectivity index (χ4n) is 6.61. The molecule has 0 bridgehead atoms. The molecule has 0 fully saturated rings. The fourth-order valence-corrected chi connectivity index (χ4v) is 7.39. The molecule has 0 aliphatic heterocycles. The van der Waals surface area contributed by atoms with Crippen molar-refractivity contribution in [1.29, 1.82) is 0 Å². The lowest BCUT2D eigenvalue weighted by Crippen LogP contribution is -2.33. The van der Waals surface area contributed by atoms with Gasteiger partial charge in [0.05, 0.1) is 22.1 Å². The number of ether oxygens (including phenoxy) is 2. The normalized spacial score (nSPS) is 11.8. The van der Waals surface area contributed by atoms with Crippen LogP contribution in [0.1, 0.15) is 34.3 Å². The number of nitrogens with one attached hydrogen (secondary N) is 2. The van der Waals surface area contributed by atoms with Gasteiger partial charge in [0.15, 0.2) is 13.2 Å². The van der Waals surface area contributed by atoms with Crippen molar-refractivity contribution in [3.05, 3.63) is 201 Å². The summed E-state index contributed by atoms with van der Waals surface area (Å²) in [6.07, 6.45) is 3.16. The molecular weight excluding hydrogens is 835 g/mol. The van der Waals surface area contributed by atoms with E-state index in [4.69, 9.17) is 44.3 Å². The number of nitrogens with zero attached hydrogens (tertiary/aromatic N) is 2. The van der Waals surface area contributed by atoms with Crippen molar-refractivity contribution in [2.24, 2.45) is 0 Å². The Balaban J connectivity index is 0.000000184. The summed E-state index contributed by atoms with van der Waals surface area (Å²) < 4.78 is 11.1. The van der Waals surface area contributed by atoms with E-state index in [2.05, 4.69) is 20.6 Å². The van der Waals surface area contributed by atoms with Crippen molar-refractivity contribution in [1.82, 2.24) is 20.6 Å². The highest BCUT2D eigenvalue weighted by Gasteiger charge is 2.26. The van der Waals surface area contributed by atoms with E-state index in [-0.39, 0.29) is 36.5 Å². The molecule has 0 saturated heterocycles. The van der Waals surface area contributed by atoms with Crippen molar-refractivity contribution in [3.63, 3.8) is 0 Å². The summed E-state index contributed by atoms with van der Waals surface area (Å²) in [5, 5.41) is 30.3. The van der Waals surface area contributed by atoms with Gasteiger partial charge in [-0.3, -0.25) is 19.6 Å². The lowest BCUT2D eigenvalue weighted by atomic mass is 9.96. The van der Waals surface area contributed by atoms with Crippen molar-refractivity contribution >= 4 is 68.4 Å². The maximum absolute atomic E-state index is 12.7. The first-order valence-electron chi connectivity index (χ1n) is 18.9. The summed E-state index contributed by atoms with van der Waals surface area (Å²) in [5.74, 6) is 0.370. The predicted molar refractivity (Wildman–Crippen MR) is 239 cm³/mol. The molecule has 2 amide bonds. The molecule has 61 heavy (non-hydrogen) atoms. The summed E-state index contributed by atoms with van der Waals surface area (Å²) >= 11 is 19.3. The molecule has 2 aromatic heterocycles. The van der Waals surface area contributed by atoms with Crippen LogP contribution in [-0.2, 0) is 9.59 Å². The molecule has 0 spiro atoms. The number of phenols is 2. The molecule has 8 aromatic rings. The van der Waals surface area contributed by atoms with E-state index in [1.165, 1.54) is 0 Å². The Morgan fingerprint density at radius 3 is 1.43 bits per heavy atom. The van der Waals surface area contributed by atoms with Gasteiger partial charge in [-0.15, -0.1) is 0 Å². The van der Waals surface area contributed by atoms with Gasteiger partial charge in [0.1, 0.15) is 34.0 Å². The molecule has 0 radical (unpaired) electrons. The first-order valence-corrected chi connectivity index (χ1v) is 20.1. The Kier molecular flexibility index (Phi) is 13.8. The average Bonchev–Trinajstić information content (AvgIpc) is 3.30. The van der Waals surface area contributed by atoms with Gasteiger partial charge in [-0.05, 0) is 77.9 Å². The monoisotopic (exact) mass is 870 g/mol. The van der Waals surface area contributed by atoms with Crippen molar-refractivity contribution in [3.8, 4) is 23.0 Å². The maximum atomic E-state index is 12.7. The molecule has 0 aliphatic carbocycles. The summed E-state index contributed by atoms with van der Waals surface area (Å²) in [6, 6.07) is 43.5. The van der Waals surface area contributed by atoms with Gasteiger partial charge < -0.3 is 30.3 Å². The van der Waals surface area contributed by atoms with Gasteiger partial charge in [0, 0.05) is 39.3 Å². The van der Waals surface area contributed by atoms with Crippen LogP contribution in [0.3, 0.4) is 0 Å². The number of hydrogen-bond donors (Lipinski definition) is 4. The van der Waals surface area contributed by atoms with Crippen LogP contribution in [0.15, 0.2) is 164 Å². The zero-order valence-electron chi connectivity index (χ0n) is 32.2. The number of rotatable bonds is 12. The molecule has 2 heterocycles. The van der Waals surface area contributed by atoms with E-state index >= 15 is 0 Å². The Morgan fingerprint density at radius 2 is 0.934 bits per heavy atom. The highest BCUT2D eigenvalue weighted by Crippen LogP contribution is 2.41. The second-order valence-corrected chi connectivity index (χ2v) is 14.7.